The quantitative estimate of drug-likeness (QED) is 0.391. The van der Waals surface area contributed by atoms with E-state index in [-0.39, 0.29) is 24.6 Å². The number of carbonyl (C=O) groups is 1. The third-order valence-electron chi connectivity index (χ3n) is 4.36. The molecule has 3 aromatic rings. The van der Waals surface area contributed by atoms with Crippen molar-refractivity contribution in [1.29, 1.82) is 0 Å². The van der Waals surface area contributed by atoms with Crippen LogP contribution >= 0.6 is 0 Å². The third-order valence-corrected chi connectivity index (χ3v) is 4.36. The summed E-state index contributed by atoms with van der Waals surface area (Å²) in [5, 5.41) is 3.06. The SMILES string of the molecule is COCCOc1ccc(C(=O)Cc2ccc(F)c(CNc3cccnc3N)c2)nc1. The fraction of sp³-hybridized carbons (Fsp3) is 0.227. The molecule has 0 saturated heterocycles. The molecule has 0 fully saturated rings. The van der Waals surface area contributed by atoms with Crippen LogP contribution in [0, 0.1) is 5.82 Å². The monoisotopic (exact) mass is 410 g/mol. The summed E-state index contributed by atoms with van der Waals surface area (Å²) in [4.78, 5) is 20.7. The summed E-state index contributed by atoms with van der Waals surface area (Å²) in [5.74, 6) is 0.371. The van der Waals surface area contributed by atoms with Gasteiger partial charge in [0.2, 0.25) is 0 Å². The lowest BCUT2D eigenvalue weighted by molar-refractivity contribution is 0.0988. The maximum Gasteiger partial charge on any atom is 0.185 e. The molecule has 3 N–H and O–H groups in total. The highest BCUT2D eigenvalue weighted by Crippen LogP contribution is 2.18. The van der Waals surface area contributed by atoms with Gasteiger partial charge in [-0.05, 0) is 35.9 Å². The number of anilines is 2. The van der Waals surface area contributed by atoms with Crippen molar-refractivity contribution in [3.8, 4) is 5.75 Å². The number of nitrogens with zero attached hydrogens (tertiary/aromatic N) is 2. The number of ketones is 1. The van der Waals surface area contributed by atoms with Crippen LogP contribution in [0.4, 0.5) is 15.9 Å². The van der Waals surface area contributed by atoms with Crippen molar-refractivity contribution in [2.24, 2.45) is 0 Å². The van der Waals surface area contributed by atoms with Gasteiger partial charge in [0.1, 0.15) is 29.7 Å². The first-order chi connectivity index (χ1) is 14.6. The molecule has 0 aliphatic carbocycles. The summed E-state index contributed by atoms with van der Waals surface area (Å²) in [7, 11) is 1.59. The Hall–Kier alpha value is -3.52. The van der Waals surface area contributed by atoms with Gasteiger partial charge in [-0.1, -0.05) is 12.1 Å². The Morgan fingerprint density at radius 3 is 2.77 bits per heavy atom. The molecule has 2 heterocycles. The molecule has 0 spiro atoms. The van der Waals surface area contributed by atoms with Crippen LogP contribution in [0.25, 0.3) is 0 Å². The maximum atomic E-state index is 14.2. The topological polar surface area (TPSA) is 99.4 Å². The van der Waals surface area contributed by atoms with E-state index < -0.39 is 0 Å². The lowest BCUT2D eigenvalue weighted by Gasteiger charge is -2.10. The molecule has 2 aromatic heterocycles. The summed E-state index contributed by atoms with van der Waals surface area (Å²) >= 11 is 0. The number of Topliss-reactive ketones (excluding diaryl/α,β-unsaturated/α-hetero) is 1. The Bertz CT molecular complexity index is 996. The van der Waals surface area contributed by atoms with E-state index in [9.17, 15) is 9.18 Å². The molecule has 3 rings (SSSR count). The van der Waals surface area contributed by atoms with Crippen LogP contribution in [-0.2, 0) is 17.7 Å². The second-order valence-corrected chi connectivity index (χ2v) is 6.54. The molecule has 0 saturated carbocycles. The second-order valence-electron chi connectivity index (χ2n) is 6.54. The van der Waals surface area contributed by atoms with Crippen molar-refractivity contribution in [3.05, 3.63) is 77.5 Å². The summed E-state index contributed by atoms with van der Waals surface area (Å²) in [6.07, 6.45) is 3.19. The smallest absolute Gasteiger partial charge is 0.185 e. The lowest BCUT2D eigenvalue weighted by Crippen LogP contribution is -2.09. The first-order valence-electron chi connectivity index (χ1n) is 9.39. The minimum Gasteiger partial charge on any atom is -0.490 e. The van der Waals surface area contributed by atoms with Crippen LogP contribution < -0.4 is 15.8 Å². The second kappa shape index (κ2) is 10.3. The van der Waals surface area contributed by atoms with Crippen LogP contribution in [0.3, 0.4) is 0 Å². The minimum absolute atomic E-state index is 0.110. The minimum atomic E-state index is -0.364. The zero-order valence-corrected chi connectivity index (χ0v) is 16.6. The molecule has 30 heavy (non-hydrogen) atoms. The summed E-state index contributed by atoms with van der Waals surface area (Å²) in [6, 6.07) is 11.4. The van der Waals surface area contributed by atoms with Gasteiger partial charge in [-0.15, -0.1) is 0 Å². The lowest BCUT2D eigenvalue weighted by atomic mass is 10.0. The van der Waals surface area contributed by atoms with Gasteiger partial charge in [-0.25, -0.2) is 14.4 Å². The average molecular weight is 410 g/mol. The number of hydrogen-bond acceptors (Lipinski definition) is 7. The molecule has 1 aromatic carbocycles. The van der Waals surface area contributed by atoms with Crippen molar-refractivity contribution in [1.82, 2.24) is 9.97 Å². The Balaban J connectivity index is 1.63. The van der Waals surface area contributed by atoms with Gasteiger partial charge >= 0.3 is 0 Å². The van der Waals surface area contributed by atoms with Crippen LogP contribution in [0.5, 0.6) is 5.75 Å². The number of ether oxygens (including phenoxy) is 2. The summed E-state index contributed by atoms with van der Waals surface area (Å²) in [5.41, 5.74) is 7.86. The van der Waals surface area contributed by atoms with Crippen molar-refractivity contribution in [3.63, 3.8) is 0 Å². The third kappa shape index (κ3) is 5.74. The van der Waals surface area contributed by atoms with Gasteiger partial charge in [0.15, 0.2) is 5.78 Å². The molecule has 7 nitrogen and oxygen atoms in total. The average Bonchev–Trinajstić information content (AvgIpc) is 2.75. The number of nitrogens with one attached hydrogen (secondary N) is 1. The standard InChI is InChI=1S/C22H23FN4O3/c1-29-9-10-30-17-5-7-19(27-14-17)21(28)12-15-4-6-18(23)16(11-15)13-26-20-3-2-8-25-22(20)24/h2-8,11,14,26H,9-10,12-13H2,1H3,(H2,24,25). The number of nitrogens with two attached hydrogens (primary N) is 1. The Kier molecular flexibility index (Phi) is 7.29. The number of carbonyl (C=O) groups excluding carboxylic acids is 1. The van der Waals surface area contributed by atoms with Gasteiger partial charge < -0.3 is 20.5 Å². The first kappa shape index (κ1) is 21.2. The molecular weight excluding hydrogens is 387 g/mol. The fourth-order valence-corrected chi connectivity index (χ4v) is 2.78. The van der Waals surface area contributed by atoms with E-state index in [1.807, 2.05) is 0 Å². The Morgan fingerprint density at radius 1 is 1.17 bits per heavy atom. The molecule has 0 radical (unpaired) electrons. The number of methoxy groups -OCH3 is 1. The van der Waals surface area contributed by atoms with E-state index in [4.69, 9.17) is 15.2 Å². The van der Waals surface area contributed by atoms with E-state index in [1.54, 1.807) is 49.7 Å². The maximum absolute atomic E-state index is 14.2. The summed E-state index contributed by atoms with van der Waals surface area (Å²) in [6.45, 7) is 1.09. The predicted molar refractivity (Wildman–Crippen MR) is 112 cm³/mol. The van der Waals surface area contributed by atoms with Gasteiger partial charge in [0.25, 0.3) is 0 Å². The number of pyridine rings is 2. The number of aromatic nitrogens is 2. The number of nitrogen functional groups attached to an aromatic ring is 1. The molecule has 156 valence electrons. The van der Waals surface area contributed by atoms with Gasteiger partial charge in [-0.2, -0.15) is 0 Å². The molecule has 0 aliphatic rings. The van der Waals surface area contributed by atoms with Crippen molar-refractivity contribution >= 4 is 17.3 Å². The molecule has 0 unspecified atom stereocenters. The van der Waals surface area contributed by atoms with Gasteiger partial charge in [0, 0.05) is 31.8 Å². The molecule has 8 heteroatoms. The van der Waals surface area contributed by atoms with Gasteiger partial charge in [0.05, 0.1) is 18.5 Å². The van der Waals surface area contributed by atoms with Crippen LogP contribution in [-0.4, -0.2) is 36.1 Å². The molecular formula is C22H23FN4O3. The number of rotatable bonds is 10. The molecule has 0 amide bonds. The van der Waals surface area contributed by atoms with Crippen LogP contribution in [0.2, 0.25) is 0 Å². The molecule has 0 aliphatic heterocycles. The highest BCUT2D eigenvalue weighted by Gasteiger charge is 2.12. The van der Waals surface area contributed by atoms with Crippen LogP contribution in [0.15, 0.2) is 54.9 Å². The van der Waals surface area contributed by atoms with Crippen molar-refractivity contribution in [2.45, 2.75) is 13.0 Å². The normalized spacial score (nSPS) is 10.6. The molecule has 0 atom stereocenters. The predicted octanol–water partition coefficient (Wildman–Crippen LogP) is 3.26. The van der Waals surface area contributed by atoms with Gasteiger partial charge in [-0.3, -0.25) is 4.79 Å². The van der Waals surface area contributed by atoms with Crippen molar-refractivity contribution < 1.29 is 18.7 Å². The summed E-state index contributed by atoms with van der Waals surface area (Å²) < 4.78 is 24.6. The van der Waals surface area contributed by atoms with E-state index >= 15 is 0 Å². The van der Waals surface area contributed by atoms with E-state index in [2.05, 4.69) is 15.3 Å². The largest absolute Gasteiger partial charge is 0.490 e. The highest BCUT2D eigenvalue weighted by molar-refractivity contribution is 5.95. The Labute approximate surface area is 174 Å². The molecule has 0 bridgehead atoms. The number of benzene rings is 1. The zero-order chi connectivity index (χ0) is 21.3. The van der Waals surface area contributed by atoms with Crippen LogP contribution in [0.1, 0.15) is 21.6 Å². The van der Waals surface area contributed by atoms with E-state index in [0.717, 1.165) is 0 Å². The number of halogens is 1. The van der Waals surface area contributed by atoms with Crippen molar-refractivity contribution in [2.75, 3.05) is 31.4 Å². The Morgan fingerprint density at radius 2 is 2.03 bits per heavy atom. The fourth-order valence-electron chi connectivity index (χ4n) is 2.78. The first-order valence-corrected chi connectivity index (χ1v) is 9.39. The zero-order valence-electron chi connectivity index (χ0n) is 16.6. The van der Waals surface area contributed by atoms with E-state index in [0.29, 0.717) is 47.3 Å². The number of hydrogen-bond donors (Lipinski definition) is 2. The highest BCUT2D eigenvalue weighted by atomic mass is 19.1. The van der Waals surface area contributed by atoms with E-state index in [1.165, 1.54) is 12.3 Å².